The van der Waals surface area contributed by atoms with E-state index in [0.29, 0.717) is 12.2 Å². The number of rotatable bonds is 6. The summed E-state index contributed by atoms with van der Waals surface area (Å²) in [4.78, 5) is 11.9. The van der Waals surface area contributed by atoms with Gasteiger partial charge in [-0.15, -0.1) is 0 Å². The predicted molar refractivity (Wildman–Crippen MR) is 83.7 cm³/mol. The van der Waals surface area contributed by atoms with E-state index < -0.39 is 5.56 Å². The van der Waals surface area contributed by atoms with E-state index in [0.717, 1.165) is 16.7 Å². The third-order valence-corrected chi connectivity index (χ3v) is 3.63. The summed E-state index contributed by atoms with van der Waals surface area (Å²) in [6, 6.07) is 8.11. The first-order chi connectivity index (χ1) is 10.2. The number of hydrogen-bond donors (Lipinski definition) is 2. The van der Waals surface area contributed by atoms with Crippen molar-refractivity contribution in [3.05, 3.63) is 57.0 Å². The van der Waals surface area contributed by atoms with Crippen LogP contribution in [-0.4, -0.2) is 21.5 Å². The smallest absolute Gasteiger partial charge is 0.287 e. The molecule has 0 aliphatic rings. The van der Waals surface area contributed by atoms with Gasteiger partial charge in [-0.2, -0.15) is 5.10 Å². The van der Waals surface area contributed by atoms with Crippen molar-refractivity contribution in [1.82, 2.24) is 9.78 Å². The minimum absolute atomic E-state index is 0.0902. The van der Waals surface area contributed by atoms with Crippen LogP contribution in [0.1, 0.15) is 18.1 Å². The average molecular weight is 308 g/mol. The van der Waals surface area contributed by atoms with Crippen molar-refractivity contribution in [2.75, 3.05) is 11.9 Å². The molecule has 1 heterocycles. The second-order valence-electron chi connectivity index (χ2n) is 4.60. The lowest BCUT2D eigenvalue weighted by molar-refractivity contribution is 0.266. The zero-order valence-electron chi connectivity index (χ0n) is 11.8. The van der Waals surface area contributed by atoms with E-state index >= 15 is 0 Å². The minimum atomic E-state index is -0.403. The molecule has 0 amide bonds. The van der Waals surface area contributed by atoms with E-state index in [1.807, 2.05) is 18.2 Å². The molecule has 2 rings (SSSR count). The molecule has 112 valence electrons. The molecule has 0 fully saturated rings. The molecule has 0 bridgehead atoms. The molecule has 1 aromatic heterocycles. The van der Waals surface area contributed by atoms with Gasteiger partial charge in [0.2, 0.25) is 0 Å². The molecule has 1 aromatic carbocycles. The molecular formula is C15H18ClN3O2. The molecule has 0 aliphatic heterocycles. The summed E-state index contributed by atoms with van der Waals surface area (Å²) >= 11 is 6.06. The number of aliphatic hydroxyl groups excluding tert-OH is 1. The first-order valence-corrected chi connectivity index (χ1v) is 7.22. The van der Waals surface area contributed by atoms with Crippen molar-refractivity contribution >= 4 is 17.3 Å². The van der Waals surface area contributed by atoms with Gasteiger partial charge in [0.15, 0.2) is 0 Å². The number of aliphatic hydroxyl groups is 1. The van der Waals surface area contributed by atoms with E-state index in [9.17, 15) is 4.79 Å². The zero-order valence-corrected chi connectivity index (χ0v) is 12.6. The second kappa shape index (κ2) is 7.24. The summed E-state index contributed by atoms with van der Waals surface area (Å²) < 4.78 is 1.15. The highest BCUT2D eigenvalue weighted by Crippen LogP contribution is 2.17. The maximum absolute atomic E-state index is 11.9. The zero-order chi connectivity index (χ0) is 15.2. The van der Waals surface area contributed by atoms with Gasteiger partial charge in [-0.3, -0.25) is 4.79 Å². The van der Waals surface area contributed by atoms with E-state index in [1.165, 1.54) is 11.8 Å². The van der Waals surface area contributed by atoms with Crippen LogP contribution < -0.4 is 10.9 Å². The minimum Gasteiger partial charge on any atom is -0.394 e. The Morgan fingerprint density at radius 2 is 2.05 bits per heavy atom. The molecular weight excluding hydrogens is 290 g/mol. The van der Waals surface area contributed by atoms with E-state index in [4.69, 9.17) is 16.7 Å². The molecule has 0 atom stereocenters. The van der Waals surface area contributed by atoms with Crippen molar-refractivity contribution in [3.63, 3.8) is 0 Å². The molecule has 21 heavy (non-hydrogen) atoms. The fraction of sp³-hybridized carbons (Fsp3) is 0.333. The van der Waals surface area contributed by atoms with Crippen LogP contribution in [0.3, 0.4) is 0 Å². The van der Waals surface area contributed by atoms with Crippen LogP contribution in [0.5, 0.6) is 0 Å². The van der Waals surface area contributed by atoms with Crippen LogP contribution in [0.25, 0.3) is 0 Å². The van der Waals surface area contributed by atoms with Gasteiger partial charge in [-0.05, 0) is 17.5 Å². The molecule has 2 N–H and O–H groups in total. The highest BCUT2D eigenvalue weighted by molar-refractivity contribution is 6.32. The fourth-order valence-electron chi connectivity index (χ4n) is 2.11. The number of hydrogen-bond acceptors (Lipinski definition) is 4. The van der Waals surface area contributed by atoms with Crippen LogP contribution in [-0.2, 0) is 19.5 Å². The number of aryl methyl sites for hydroxylation is 1. The summed E-state index contributed by atoms with van der Waals surface area (Å²) in [5.74, 6) is 0. The van der Waals surface area contributed by atoms with E-state index in [2.05, 4.69) is 23.4 Å². The van der Waals surface area contributed by atoms with E-state index in [1.54, 1.807) is 0 Å². The number of benzene rings is 1. The third kappa shape index (κ3) is 3.62. The maximum Gasteiger partial charge on any atom is 0.287 e. The second-order valence-corrected chi connectivity index (χ2v) is 4.98. The van der Waals surface area contributed by atoms with Crippen molar-refractivity contribution in [1.29, 1.82) is 0 Å². The Morgan fingerprint density at radius 3 is 2.71 bits per heavy atom. The molecule has 5 nitrogen and oxygen atoms in total. The number of halogens is 1. The molecule has 0 radical (unpaired) electrons. The average Bonchev–Trinajstić information content (AvgIpc) is 2.51. The van der Waals surface area contributed by atoms with Gasteiger partial charge >= 0.3 is 0 Å². The largest absolute Gasteiger partial charge is 0.394 e. The Kier molecular flexibility index (Phi) is 5.36. The van der Waals surface area contributed by atoms with Gasteiger partial charge in [0, 0.05) is 6.54 Å². The number of anilines is 1. The topological polar surface area (TPSA) is 67.2 Å². The predicted octanol–water partition coefficient (Wildman–Crippen LogP) is 2.06. The summed E-state index contributed by atoms with van der Waals surface area (Å²) in [5, 5.41) is 16.1. The lowest BCUT2D eigenvalue weighted by Gasteiger charge is -2.12. The number of nitrogens with zero attached hydrogens (tertiary/aromatic N) is 2. The first-order valence-electron chi connectivity index (χ1n) is 6.84. The Bertz CT molecular complexity index is 670. The van der Waals surface area contributed by atoms with Crippen molar-refractivity contribution in [2.45, 2.75) is 26.4 Å². The van der Waals surface area contributed by atoms with Gasteiger partial charge in [0.05, 0.1) is 25.0 Å². The number of aromatic nitrogens is 2. The van der Waals surface area contributed by atoms with Crippen molar-refractivity contribution < 1.29 is 5.11 Å². The van der Waals surface area contributed by atoms with Crippen LogP contribution >= 0.6 is 11.6 Å². The lowest BCUT2D eigenvalue weighted by atomic mass is 10.1. The Labute approximate surface area is 128 Å². The number of nitrogens with one attached hydrogen (secondary N) is 1. The highest BCUT2D eigenvalue weighted by Gasteiger charge is 2.09. The molecule has 6 heteroatoms. The highest BCUT2D eigenvalue weighted by atomic mass is 35.5. The van der Waals surface area contributed by atoms with Gasteiger partial charge in [-0.25, -0.2) is 4.68 Å². The van der Waals surface area contributed by atoms with Crippen molar-refractivity contribution in [2.24, 2.45) is 0 Å². The van der Waals surface area contributed by atoms with Gasteiger partial charge in [0.25, 0.3) is 5.56 Å². The monoisotopic (exact) mass is 307 g/mol. The van der Waals surface area contributed by atoms with Gasteiger partial charge in [-0.1, -0.05) is 42.8 Å². The van der Waals surface area contributed by atoms with Crippen LogP contribution in [0, 0.1) is 0 Å². The normalized spacial score (nSPS) is 10.6. The van der Waals surface area contributed by atoms with E-state index in [-0.39, 0.29) is 18.2 Å². The summed E-state index contributed by atoms with van der Waals surface area (Å²) in [7, 11) is 0. The molecule has 0 spiro atoms. The standard InChI is InChI=1S/C15H18ClN3O2/c1-2-11-5-3-4-6-12(11)9-17-13-10-18-19(7-8-20)15(21)14(13)16/h3-6,10,17,20H,2,7-9H2,1H3. The van der Waals surface area contributed by atoms with Crippen molar-refractivity contribution in [3.8, 4) is 0 Å². The Morgan fingerprint density at radius 1 is 1.33 bits per heavy atom. The Balaban J connectivity index is 2.17. The molecule has 2 aromatic rings. The summed E-state index contributed by atoms with van der Waals surface area (Å²) in [5.41, 5.74) is 2.51. The molecule has 0 aliphatic carbocycles. The van der Waals surface area contributed by atoms with Crippen LogP contribution in [0.2, 0.25) is 5.02 Å². The van der Waals surface area contributed by atoms with Gasteiger partial charge in [0.1, 0.15) is 5.02 Å². The van der Waals surface area contributed by atoms with Gasteiger partial charge < -0.3 is 10.4 Å². The maximum atomic E-state index is 11.9. The molecule has 0 saturated carbocycles. The lowest BCUT2D eigenvalue weighted by Crippen LogP contribution is -2.25. The Hall–Kier alpha value is -1.85. The SMILES string of the molecule is CCc1ccccc1CNc1cnn(CCO)c(=O)c1Cl. The first kappa shape index (κ1) is 15.5. The third-order valence-electron chi connectivity index (χ3n) is 3.27. The summed E-state index contributed by atoms with van der Waals surface area (Å²) in [6.07, 6.45) is 2.45. The quantitative estimate of drug-likeness (QED) is 0.857. The molecule has 0 unspecified atom stereocenters. The van der Waals surface area contributed by atoms with Crippen LogP contribution in [0.15, 0.2) is 35.3 Å². The van der Waals surface area contributed by atoms with Crippen LogP contribution in [0.4, 0.5) is 5.69 Å². The fourth-order valence-corrected chi connectivity index (χ4v) is 2.32. The molecule has 0 saturated heterocycles. The summed E-state index contributed by atoms with van der Waals surface area (Å²) in [6.45, 7) is 2.66.